The molecule has 0 rings (SSSR count). The van der Waals surface area contributed by atoms with Crippen LogP contribution in [0.4, 0.5) is 0 Å². The van der Waals surface area contributed by atoms with Crippen molar-refractivity contribution in [2.75, 3.05) is 12.8 Å². The largest absolute Gasteiger partial charge is 0.355 e. The number of amides is 1. The van der Waals surface area contributed by atoms with Crippen molar-refractivity contribution in [1.82, 2.24) is 5.32 Å². The molecule has 60 valence electrons. The first-order valence-electron chi connectivity index (χ1n) is 3.56. The first kappa shape index (κ1) is 9.82. The van der Waals surface area contributed by atoms with E-state index in [0.717, 1.165) is 13.0 Å². The van der Waals surface area contributed by atoms with Gasteiger partial charge in [0.15, 0.2) is 0 Å². The van der Waals surface area contributed by atoms with Crippen LogP contribution in [0.25, 0.3) is 0 Å². The number of carbonyl (C=O) groups is 1. The van der Waals surface area contributed by atoms with Crippen molar-refractivity contribution < 1.29 is 4.79 Å². The van der Waals surface area contributed by atoms with Gasteiger partial charge < -0.3 is 5.32 Å². The van der Waals surface area contributed by atoms with Gasteiger partial charge in [-0.15, -0.1) is 0 Å². The standard InChI is InChI=1S/C7H15NOS/c1-4-6(10-3)7(9)8-5-2/h6H,4-5H2,1-3H3,(H,8,9). The molecule has 0 aliphatic rings. The zero-order chi connectivity index (χ0) is 7.98. The molecule has 0 saturated heterocycles. The van der Waals surface area contributed by atoms with E-state index in [4.69, 9.17) is 0 Å². The Morgan fingerprint density at radius 3 is 2.50 bits per heavy atom. The van der Waals surface area contributed by atoms with Crippen LogP contribution in [0.3, 0.4) is 0 Å². The van der Waals surface area contributed by atoms with Gasteiger partial charge in [-0.2, -0.15) is 11.8 Å². The molecule has 0 aliphatic heterocycles. The Bertz CT molecular complexity index is 102. The van der Waals surface area contributed by atoms with Gasteiger partial charge in [0.1, 0.15) is 0 Å². The predicted octanol–water partition coefficient (Wildman–Crippen LogP) is 1.26. The highest BCUT2D eigenvalue weighted by Crippen LogP contribution is 2.09. The molecule has 0 spiro atoms. The van der Waals surface area contributed by atoms with Crippen molar-refractivity contribution in [3.05, 3.63) is 0 Å². The fraction of sp³-hybridized carbons (Fsp3) is 0.857. The summed E-state index contributed by atoms with van der Waals surface area (Å²) >= 11 is 1.61. The summed E-state index contributed by atoms with van der Waals surface area (Å²) in [7, 11) is 0. The Morgan fingerprint density at radius 2 is 2.20 bits per heavy atom. The first-order valence-corrected chi connectivity index (χ1v) is 4.85. The Labute approximate surface area is 66.8 Å². The summed E-state index contributed by atoms with van der Waals surface area (Å²) < 4.78 is 0. The molecule has 0 aromatic heterocycles. The van der Waals surface area contributed by atoms with Crippen LogP contribution in [0.2, 0.25) is 0 Å². The normalized spacial score (nSPS) is 12.7. The second kappa shape index (κ2) is 5.59. The van der Waals surface area contributed by atoms with Crippen molar-refractivity contribution in [2.24, 2.45) is 0 Å². The van der Waals surface area contributed by atoms with E-state index in [-0.39, 0.29) is 11.2 Å². The third-order valence-corrected chi connectivity index (χ3v) is 2.42. The molecule has 3 heteroatoms. The van der Waals surface area contributed by atoms with Crippen molar-refractivity contribution in [3.8, 4) is 0 Å². The van der Waals surface area contributed by atoms with Crippen molar-refractivity contribution in [1.29, 1.82) is 0 Å². The average molecular weight is 161 g/mol. The zero-order valence-corrected chi connectivity index (χ0v) is 7.62. The molecule has 0 aliphatic carbocycles. The van der Waals surface area contributed by atoms with Crippen LogP contribution in [0.15, 0.2) is 0 Å². The molecule has 0 fully saturated rings. The van der Waals surface area contributed by atoms with E-state index in [1.54, 1.807) is 11.8 Å². The van der Waals surface area contributed by atoms with Gasteiger partial charge in [-0.1, -0.05) is 6.92 Å². The fourth-order valence-corrected chi connectivity index (χ4v) is 1.38. The SMILES string of the molecule is CCNC(=O)C(CC)SC. The van der Waals surface area contributed by atoms with Crippen LogP contribution >= 0.6 is 11.8 Å². The van der Waals surface area contributed by atoms with Crippen LogP contribution in [0.5, 0.6) is 0 Å². The maximum Gasteiger partial charge on any atom is 0.233 e. The van der Waals surface area contributed by atoms with E-state index >= 15 is 0 Å². The lowest BCUT2D eigenvalue weighted by atomic mass is 10.3. The molecule has 1 N–H and O–H groups in total. The summed E-state index contributed by atoms with van der Waals surface area (Å²) in [5.74, 6) is 0.164. The van der Waals surface area contributed by atoms with Crippen LogP contribution < -0.4 is 5.32 Å². The Kier molecular flexibility index (Phi) is 5.49. The Balaban J connectivity index is 3.65. The van der Waals surface area contributed by atoms with E-state index in [0.29, 0.717) is 0 Å². The van der Waals surface area contributed by atoms with Gasteiger partial charge in [0.25, 0.3) is 0 Å². The first-order chi connectivity index (χ1) is 4.76. The number of thioether (sulfide) groups is 1. The summed E-state index contributed by atoms with van der Waals surface area (Å²) in [4.78, 5) is 11.1. The summed E-state index contributed by atoms with van der Waals surface area (Å²) in [5.41, 5.74) is 0. The van der Waals surface area contributed by atoms with E-state index in [9.17, 15) is 4.79 Å². The molecule has 0 aromatic rings. The second-order valence-corrected chi connectivity index (χ2v) is 3.07. The number of nitrogens with one attached hydrogen (secondary N) is 1. The van der Waals surface area contributed by atoms with Gasteiger partial charge in [-0.3, -0.25) is 4.79 Å². The maximum absolute atomic E-state index is 11.1. The summed E-state index contributed by atoms with van der Waals surface area (Å²) in [6.45, 7) is 4.69. The van der Waals surface area contributed by atoms with Crippen molar-refractivity contribution in [2.45, 2.75) is 25.5 Å². The highest BCUT2D eigenvalue weighted by molar-refractivity contribution is 7.99. The van der Waals surface area contributed by atoms with Gasteiger partial charge >= 0.3 is 0 Å². The van der Waals surface area contributed by atoms with Crippen LogP contribution in [0.1, 0.15) is 20.3 Å². The molecule has 0 radical (unpaired) electrons. The van der Waals surface area contributed by atoms with Gasteiger partial charge in [-0.25, -0.2) is 0 Å². The smallest absolute Gasteiger partial charge is 0.233 e. The topological polar surface area (TPSA) is 29.1 Å². The number of carbonyl (C=O) groups excluding carboxylic acids is 1. The molecule has 0 saturated carbocycles. The summed E-state index contributed by atoms with van der Waals surface area (Å²) in [6, 6.07) is 0. The monoisotopic (exact) mass is 161 g/mol. The molecule has 0 bridgehead atoms. The summed E-state index contributed by atoms with van der Waals surface area (Å²) in [5, 5.41) is 2.93. The Morgan fingerprint density at radius 1 is 1.60 bits per heavy atom. The van der Waals surface area contributed by atoms with Crippen molar-refractivity contribution in [3.63, 3.8) is 0 Å². The van der Waals surface area contributed by atoms with Gasteiger partial charge in [0.05, 0.1) is 5.25 Å². The molecule has 0 aromatic carbocycles. The van der Waals surface area contributed by atoms with E-state index < -0.39 is 0 Å². The van der Waals surface area contributed by atoms with Crippen molar-refractivity contribution >= 4 is 17.7 Å². The van der Waals surface area contributed by atoms with Crippen LogP contribution in [-0.2, 0) is 4.79 Å². The molecule has 2 nitrogen and oxygen atoms in total. The molecule has 10 heavy (non-hydrogen) atoms. The average Bonchev–Trinajstić information content (AvgIpc) is 1.91. The quantitative estimate of drug-likeness (QED) is 0.672. The zero-order valence-electron chi connectivity index (χ0n) is 6.81. The minimum atomic E-state index is 0.139. The van der Waals surface area contributed by atoms with Crippen LogP contribution in [0, 0.1) is 0 Å². The predicted molar refractivity (Wildman–Crippen MR) is 46.3 cm³/mol. The van der Waals surface area contributed by atoms with Gasteiger partial charge in [0.2, 0.25) is 5.91 Å². The fourth-order valence-electron chi connectivity index (χ4n) is 0.747. The number of rotatable bonds is 4. The van der Waals surface area contributed by atoms with Gasteiger partial charge in [-0.05, 0) is 19.6 Å². The lowest BCUT2D eigenvalue weighted by Gasteiger charge is -2.10. The maximum atomic E-state index is 11.1. The molecule has 1 atom stereocenters. The lowest BCUT2D eigenvalue weighted by molar-refractivity contribution is -0.120. The van der Waals surface area contributed by atoms with E-state index in [1.165, 1.54) is 0 Å². The highest BCUT2D eigenvalue weighted by Gasteiger charge is 2.12. The Hall–Kier alpha value is -0.180. The third kappa shape index (κ3) is 3.11. The molecular formula is C7H15NOS. The number of hydrogen-bond donors (Lipinski definition) is 1. The van der Waals surface area contributed by atoms with Crippen LogP contribution in [-0.4, -0.2) is 24.0 Å². The van der Waals surface area contributed by atoms with E-state index in [1.807, 2.05) is 20.1 Å². The number of hydrogen-bond acceptors (Lipinski definition) is 2. The second-order valence-electron chi connectivity index (χ2n) is 2.03. The molecule has 1 unspecified atom stereocenters. The minimum absolute atomic E-state index is 0.139. The lowest BCUT2D eigenvalue weighted by Crippen LogP contribution is -2.31. The third-order valence-electron chi connectivity index (χ3n) is 1.30. The molecular weight excluding hydrogens is 146 g/mol. The molecule has 0 heterocycles. The molecule has 1 amide bonds. The minimum Gasteiger partial charge on any atom is -0.355 e. The van der Waals surface area contributed by atoms with E-state index in [2.05, 4.69) is 5.32 Å². The van der Waals surface area contributed by atoms with Gasteiger partial charge in [0, 0.05) is 6.54 Å². The summed E-state index contributed by atoms with van der Waals surface area (Å²) in [6.07, 6.45) is 2.87. The highest BCUT2D eigenvalue weighted by atomic mass is 32.2.